The molecule has 4 atom stereocenters. The van der Waals surface area contributed by atoms with E-state index < -0.39 is 58.4 Å². The molecule has 0 unspecified atom stereocenters. The van der Waals surface area contributed by atoms with Gasteiger partial charge >= 0.3 is 6.18 Å². The first-order chi connectivity index (χ1) is 23.6. The van der Waals surface area contributed by atoms with E-state index in [1.54, 1.807) is 12.1 Å². The van der Waals surface area contributed by atoms with E-state index in [0.29, 0.717) is 17.8 Å². The van der Waals surface area contributed by atoms with Crippen molar-refractivity contribution in [1.82, 2.24) is 25.3 Å². The molecule has 1 saturated heterocycles. The van der Waals surface area contributed by atoms with Crippen molar-refractivity contribution in [2.24, 2.45) is 11.3 Å². The summed E-state index contributed by atoms with van der Waals surface area (Å²) >= 11 is 0. The topological polar surface area (TPSA) is 149 Å². The van der Waals surface area contributed by atoms with Gasteiger partial charge in [0, 0.05) is 24.8 Å². The SMILES string of the molecule is CC(C)(C)C[C@H](NC(=O)[C@H](CC1CC1)NC(=O)c1cnn(-c2ccc(C(F)(F)F)cc2)c1)C(=O)N1C[C@]2(C[C@H]1C#N)C(=O)Nc1ccccc12. The molecule has 0 radical (unpaired) electrons. The van der Waals surface area contributed by atoms with Crippen LogP contribution in [-0.4, -0.2) is 63.0 Å². The lowest BCUT2D eigenvalue weighted by Crippen LogP contribution is -2.56. The van der Waals surface area contributed by atoms with Crippen molar-refractivity contribution in [1.29, 1.82) is 5.26 Å². The molecule has 6 rings (SSSR count). The minimum absolute atomic E-state index is 0.0193. The summed E-state index contributed by atoms with van der Waals surface area (Å²) in [7, 11) is 0. The first kappa shape index (κ1) is 34.7. The maximum absolute atomic E-state index is 14.3. The summed E-state index contributed by atoms with van der Waals surface area (Å²) in [5, 5.41) is 22.8. The number of aromatic nitrogens is 2. The van der Waals surface area contributed by atoms with E-state index in [-0.39, 0.29) is 36.8 Å². The summed E-state index contributed by atoms with van der Waals surface area (Å²) in [4.78, 5) is 56.2. The first-order valence-corrected chi connectivity index (χ1v) is 16.5. The van der Waals surface area contributed by atoms with Crippen molar-refractivity contribution in [2.45, 2.75) is 82.6 Å². The summed E-state index contributed by atoms with van der Waals surface area (Å²) in [6.45, 7) is 5.75. The van der Waals surface area contributed by atoms with Gasteiger partial charge in [0.15, 0.2) is 0 Å². The molecule has 2 aromatic carbocycles. The Morgan fingerprint density at radius 3 is 2.40 bits per heavy atom. The van der Waals surface area contributed by atoms with Crippen LogP contribution in [0.2, 0.25) is 0 Å². The number of hydrogen-bond donors (Lipinski definition) is 3. The standard InChI is InChI=1S/C36H38F3N7O4/c1-34(2,3)16-29(32(49)45-20-35(15-25(45)17-40)26-6-4-5-7-27(26)44-33(35)50)43-31(48)28(14-21-8-9-21)42-30(47)22-18-41-46(19-22)24-12-10-23(11-13-24)36(37,38)39/h4-7,10-13,18-19,21,25,28-29H,8-9,14-16,20H2,1-3H3,(H,42,47)(H,43,48)(H,44,50)/t25-,28-,29-,35-/m0/s1. The van der Waals surface area contributed by atoms with Crippen LogP contribution in [0.1, 0.15) is 74.4 Å². The fourth-order valence-corrected chi connectivity index (χ4v) is 6.82. The third kappa shape index (κ3) is 7.08. The molecule has 0 bridgehead atoms. The highest BCUT2D eigenvalue weighted by atomic mass is 19.4. The summed E-state index contributed by atoms with van der Waals surface area (Å²) in [6.07, 6.45) is 0.588. The fraction of sp³-hybridized carbons (Fsp3) is 0.444. The number of nitriles is 1. The number of hydrogen-bond acceptors (Lipinski definition) is 6. The Bertz CT molecular complexity index is 1860. The number of amides is 4. The van der Waals surface area contributed by atoms with E-state index >= 15 is 0 Å². The van der Waals surface area contributed by atoms with Crippen LogP contribution in [-0.2, 0) is 26.0 Å². The smallest absolute Gasteiger partial charge is 0.342 e. The molecule has 11 nitrogen and oxygen atoms in total. The zero-order valence-corrected chi connectivity index (χ0v) is 27.9. The Morgan fingerprint density at radius 2 is 1.76 bits per heavy atom. The van der Waals surface area contributed by atoms with Crippen molar-refractivity contribution < 1.29 is 32.3 Å². The van der Waals surface area contributed by atoms with Gasteiger partial charge in [-0.05, 0) is 60.1 Å². The Hall–Kier alpha value is -5.19. The molecular formula is C36H38F3N7O4. The zero-order chi connectivity index (χ0) is 36.0. The van der Waals surface area contributed by atoms with E-state index in [2.05, 4.69) is 27.1 Å². The molecule has 2 aliphatic heterocycles. The molecule has 1 spiro atoms. The molecule has 50 heavy (non-hydrogen) atoms. The molecule has 1 aliphatic carbocycles. The highest BCUT2D eigenvalue weighted by Crippen LogP contribution is 2.46. The van der Waals surface area contributed by atoms with Crippen LogP contribution in [0.4, 0.5) is 18.9 Å². The van der Waals surface area contributed by atoms with Crippen LogP contribution in [0, 0.1) is 22.7 Å². The van der Waals surface area contributed by atoms with Crippen LogP contribution >= 0.6 is 0 Å². The van der Waals surface area contributed by atoms with Crippen LogP contribution in [0.5, 0.6) is 0 Å². The lowest BCUT2D eigenvalue weighted by Gasteiger charge is -2.32. The van der Waals surface area contributed by atoms with Crippen molar-refractivity contribution in [2.75, 3.05) is 11.9 Å². The number of alkyl halides is 3. The molecule has 3 N–H and O–H groups in total. The van der Waals surface area contributed by atoms with Crippen molar-refractivity contribution in [3.63, 3.8) is 0 Å². The summed E-state index contributed by atoms with van der Waals surface area (Å²) < 4.78 is 40.3. The molecule has 14 heteroatoms. The van der Waals surface area contributed by atoms with E-state index in [9.17, 15) is 37.6 Å². The number of fused-ring (bicyclic) bond motifs is 2. The number of benzene rings is 2. The third-order valence-corrected chi connectivity index (χ3v) is 9.54. The van der Waals surface area contributed by atoms with Crippen molar-refractivity contribution >= 4 is 29.3 Å². The largest absolute Gasteiger partial charge is 0.416 e. The number of carbonyl (C=O) groups excluding carboxylic acids is 4. The highest BCUT2D eigenvalue weighted by Gasteiger charge is 2.56. The molecule has 3 aromatic rings. The number of nitrogens with zero attached hydrogens (tertiary/aromatic N) is 4. The highest BCUT2D eigenvalue weighted by molar-refractivity contribution is 6.07. The van der Waals surface area contributed by atoms with E-state index in [1.807, 2.05) is 32.9 Å². The molecule has 4 amide bonds. The van der Waals surface area contributed by atoms with Gasteiger partial charge in [-0.1, -0.05) is 51.8 Å². The van der Waals surface area contributed by atoms with E-state index in [1.165, 1.54) is 34.1 Å². The van der Waals surface area contributed by atoms with Gasteiger partial charge in [-0.2, -0.15) is 23.5 Å². The van der Waals surface area contributed by atoms with Gasteiger partial charge in [0.2, 0.25) is 17.7 Å². The van der Waals surface area contributed by atoms with Crippen LogP contribution in [0.15, 0.2) is 60.9 Å². The van der Waals surface area contributed by atoms with Crippen LogP contribution < -0.4 is 16.0 Å². The number of para-hydroxylation sites is 1. The molecule has 3 aliphatic rings. The van der Waals surface area contributed by atoms with Gasteiger partial charge in [0.05, 0.1) is 34.5 Å². The zero-order valence-electron chi connectivity index (χ0n) is 27.9. The molecular weight excluding hydrogens is 651 g/mol. The van der Waals surface area contributed by atoms with Gasteiger partial charge in [0.1, 0.15) is 18.1 Å². The van der Waals surface area contributed by atoms with Crippen LogP contribution in [0.25, 0.3) is 5.69 Å². The third-order valence-electron chi connectivity index (χ3n) is 9.54. The summed E-state index contributed by atoms with van der Waals surface area (Å²) in [5.41, 5.74) is -0.549. The van der Waals surface area contributed by atoms with Gasteiger partial charge in [0.25, 0.3) is 5.91 Å². The predicted octanol–water partition coefficient (Wildman–Crippen LogP) is 4.73. The fourth-order valence-electron chi connectivity index (χ4n) is 6.82. The lowest BCUT2D eigenvalue weighted by atomic mass is 9.80. The Morgan fingerprint density at radius 1 is 1.06 bits per heavy atom. The second-order valence-corrected chi connectivity index (χ2v) is 14.6. The summed E-state index contributed by atoms with van der Waals surface area (Å²) in [5.74, 6) is -1.73. The molecule has 3 heterocycles. The van der Waals surface area contributed by atoms with Gasteiger partial charge in [-0.3, -0.25) is 19.2 Å². The Kier molecular flexibility index (Phi) is 8.96. The normalized spacial score (nSPS) is 21.3. The molecule has 1 aromatic heterocycles. The van der Waals surface area contributed by atoms with E-state index in [0.717, 1.165) is 30.5 Å². The second-order valence-electron chi connectivity index (χ2n) is 14.6. The van der Waals surface area contributed by atoms with Crippen molar-refractivity contribution in [3.8, 4) is 11.8 Å². The van der Waals surface area contributed by atoms with Crippen molar-refractivity contribution in [3.05, 3.63) is 77.6 Å². The number of anilines is 1. The minimum atomic E-state index is -4.49. The van der Waals surface area contributed by atoms with Gasteiger partial charge in [-0.15, -0.1) is 0 Å². The maximum Gasteiger partial charge on any atom is 0.416 e. The van der Waals surface area contributed by atoms with Crippen LogP contribution in [0.3, 0.4) is 0 Å². The lowest BCUT2D eigenvalue weighted by molar-refractivity contribution is -0.138. The number of likely N-dealkylation sites (tertiary alicyclic amines) is 1. The average Bonchev–Trinajstić information content (AvgIpc) is 3.48. The molecule has 2 fully saturated rings. The van der Waals surface area contributed by atoms with Gasteiger partial charge in [-0.25, -0.2) is 4.68 Å². The molecule has 262 valence electrons. The maximum atomic E-state index is 14.3. The predicted molar refractivity (Wildman–Crippen MR) is 176 cm³/mol. The number of rotatable bonds is 9. The second kappa shape index (κ2) is 12.9. The minimum Gasteiger partial charge on any atom is -0.342 e. The number of halogens is 3. The monoisotopic (exact) mass is 689 g/mol. The Labute approximate surface area is 287 Å². The molecule has 1 saturated carbocycles. The average molecular weight is 690 g/mol. The van der Waals surface area contributed by atoms with E-state index in [4.69, 9.17) is 0 Å². The van der Waals surface area contributed by atoms with Gasteiger partial charge < -0.3 is 20.9 Å². The summed E-state index contributed by atoms with van der Waals surface area (Å²) in [6, 6.07) is 10.8. The number of carbonyl (C=O) groups is 4. The quantitative estimate of drug-likeness (QED) is 0.296. The number of nitrogens with one attached hydrogen (secondary N) is 3. The Balaban J connectivity index is 1.19. The first-order valence-electron chi connectivity index (χ1n) is 16.5.